The van der Waals surface area contributed by atoms with Crippen LogP contribution < -0.4 is 5.32 Å². The molecular formula is C20H33IN6O2S. The smallest absolute Gasteiger partial charge is 0.213 e. The first-order valence-corrected chi connectivity index (χ1v) is 11.5. The van der Waals surface area contributed by atoms with Crippen molar-refractivity contribution in [3.05, 3.63) is 42.4 Å². The molecule has 0 radical (unpaired) electrons. The second-order valence-corrected chi connectivity index (χ2v) is 9.14. The van der Waals surface area contributed by atoms with E-state index in [0.29, 0.717) is 26.1 Å². The molecule has 0 fully saturated rings. The molecule has 2 N–H and O–H groups in total. The van der Waals surface area contributed by atoms with Gasteiger partial charge in [0.05, 0.1) is 24.2 Å². The maximum Gasteiger partial charge on any atom is 0.213 e. The number of aromatic nitrogens is 2. The predicted octanol–water partition coefficient (Wildman–Crippen LogP) is 2.76. The summed E-state index contributed by atoms with van der Waals surface area (Å²) in [5, 5.41) is 3.27. The van der Waals surface area contributed by atoms with Gasteiger partial charge in [-0.1, -0.05) is 30.3 Å². The van der Waals surface area contributed by atoms with Crippen LogP contribution in [0.3, 0.4) is 0 Å². The van der Waals surface area contributed by atoms with E-state index in [1.807, 2.05) is 55.4 Å². The number of sulfonamides is 1. The lowest BCUT2D eigenvalue weighted by molar-refractivity contribution is 0.454. The Kier molecular flexibility index (Phi) is 11.3. The molecule has 0 spiro atoms. The maximum absolute atomic E-state index is 11.8. The van der Waals surface area contributed by atoms with Gasteiger partial charge in [-0.25, -0.2) is 17.7 Å². The van der Waals surface area contributed by atoms with E-state index >= 15 is 0 Å². The quantitative estimate of drug-likeness (QED) is 0.206. The normalized spacial score (nSPS) is 12.0. The molecule has 0 saturated heterocycles. The van der Waals surface area contributed by atoms with Crippen molar-refractivity contribution < 1.29 is 8.42 Å². The molecule has 0 saturated carbocycles. The number of rotatable bonds is 10. The van der Waals surface area contributed by atoms with E-state index in [4.69, 9.17) is 0 Å². The highest BCUT2D eigenvalue weighted by Gasteiger charge is 2.14. The van der Waals surface area contributed by atoms with Crippen LogP contribution in [0.1, 0.15) is 26.1 Å². The summed E-state index contributed by atoms with van der Waals surface area (Å²) in [7, 11) is 0.430. The molecule has 1 aromatic carbocycles. The van der Waals surface area contributed by atoms with E-state index in [9.17, 15) is 8.42 Å². The summed E-state index contributed by atoms with van der Waals surface area (Å²) in [6.07, 6.45) is 2.50. The molecule has 0 aliphatic heterocycles. The van der Waals surface area contributed by atoms with Gasteiger partial charge in [-0.15, -0.1) is 24.0 Å². The van der Waals surface area contributed by atoms with Crippen LogP contribution in [0.2, 0.25) is 0 Å². The topological polar surface area (TPSA) is 93.7 Å². The third-order valence-corrected chi connectivity index (χ3v) is 6.39. The van der Waals surface area contributed by atoms with Crippen molar-refractivity contribution in [3.8, 4) is 11.3 Å². The van der Waals surface area contributed by atoms with Gasteiger partial charge in [-0.05, 0) is 25.8 Å². The van der Waals surface area contributed by atoms with Crippen LogP contribution in [0.4, 0.5) is 0 Å². The Morgan fingerprint density at radius 3 is 2.53 bits per heavy atom. The molecule has 8 nitrogen and oxygen atoms in total. The third kappa shape index (κ3) is 7.88. The number of aromatic amines is 1. The van der Waals surface area contributed by atoms with Crippen molar-refractivity contribution in [3.63, 3.8) is 0 Å². The largest absolute Gasteiger partial charge is 0.357 e. The van der Waals surface area contributed by atoms with E-state index in [-0.39, 0.29) is 29.7 Å². The standard InChI is InChI=1S/C20H32N6O2S.HI/c1-5-21-20(22-13-10-14-26(4)29(27,28)6-2)25(3)16-19-23-15-18(24-19)17-11-8-7-9-12-17;/h7-9,11-12,15H,5-6,10,13-14,16H2,1-4H3,(H,21,22)(H,23,24);1H. The number of nitrogens with zero attached hydrogens (tertiary/aromatic N) is 4. The molecule has 0 unspecified atom stereocenters. The van der Waals surface area contributed by atoms with Crippen molar-refractivity contribution in [2.45, 2.75) is 26.8 Å². The first-order chi connectivity index (χ1) is 13.9. The molecule has 0 amide bonds. The van der Waals surface area contributed by atoms with Crippen LogP contribution >= 0.6 is 24.0 Å². The Hall–Kier alpha value is -1.66. The second kappa shape index (κ2) is 12.9. The fourth-order valence-corrected chi connectivity index (χ4v) is 3.66. The number of hydrogen-bond acceptors (Lipinski definition) is 4. The molecule has 10 heteroatoms. The summed E-state index contributed by atoms with van der Waals surface area (Å²) in [5.74, 6) is 1.74. The van der Waals surface area contributed by atoms with Gasteiger partial charge in [0.25, 0.3) is 0 Å². The zero-order valence-electron chi connectivity index (χ0n) is 18.1. The second-order valence-electron chi connectivity index (χ2n) is 6.78. The maximum atomic E-state index is 11.8. The number of hydrogen-bond donors (Lipinski definition) is 2. The van der Waals surface area contributed by atoms with Gasteiger partial charge in [-0.3, -0.25) is 4.99 Å². The molecule has 0 aliphatic rings. The van der Waals surface area contributed by atoms with Crippen LogP contribution in [0, 0.1) is 0 Å². The van der Waals surface area contributed by atoms with Crippen molar-refractivity contribution in [1.82, 2.24) is 24.5 Å². The van der Waals surface area contributed by atoms with Gasteiger partial charge < -0.3 is 15.2 Å². The minimum atomic E-state index is -3.14. The van der Waals surface area contributed by atoms with Gasteiger partial charge in [-0.2, -0.15) is 0 Å². The average Bonchev–Trinajstić information content (AvgIpc) is 3.19. The number of guanidine groups is 1. The molecule has 0 atom stereocenters. The van der Waals surface area contributed by atoms with Crippen LogP contribution in [0.25, 0.3) is 11.3 Å². The number of aliphatic imine (C=N–C) groups is 1. The Labute approximate surface area is 197 Å². The van der Waals surface area contributed by atoms with Crippen molar-refractivity contribution in [2.24, 2.45) is 4.99 Å². The summed E-state index contributed by atoms with van der Waals surface area (Å²) in [6, 6.07) is 10.1. The molecule has 0 aliphatic carbocycles. The summed E-state index contributed by atoms with van der Waals surface area (Å²) >= 11 is 0. The summed E-state index contributed by atoms with van der Waals surface area (Å²) < 4.78 is 25.0. The summed E-state index contributed by atoms with van der Waals surface area (Å²) in [5.41, 5.74) is 2.08. The van der Waals surface area contributed by atoms with Crippen LogP contribution in [0.15, 0.2) is 41.5 Å². The zero-order chi connectivity index (χ0) is 21.3. The third-order valence-electron chi connectivity index (χ3n) is 4.53. The van der Waals surface area contributed by atoms with Crippen molar-refractivity contribution >= 4 is 40.0 Å². The van der Waals surface area contributed by atoms with Gasteiger partial charge in [0, 0.05) is 33.7 Å². The molecule has 1 aromatic heterocycles. The highest BCUT2D eigenvalue weighted by molar-refractivity contribution is 14.0. The first kappa shape index (κ1) is 26.4. The van der Waals surface area contributed by atoms with Crippen LogP contribution in [-0.4, -0.2) is 73.0 Å². The van der Waals surface area contributed by atoms with Gasteiger partial charge in [0.15, 0.2) is 5.96 Å². The lowest BCUT2D eigenvalue weighted by Gasteiger charge is -2.21. The summed E-state index contributed by atoms with van der Waals surface area (Å²) in [4.78, 5) is 14.5. The predicted molar refractivity (Wildman–Crippen MR) is 134 cm³/mol. The van der Waals surface area contributed by atoms with Crippen LogP contribution in [-0.2, 0) is 16.6 Å². The molecule has 1 heterocycles. The SMILES string of the molecule is CCNC(=NCCCN(C)S(=O)(=O)CC)N(C)Cc1ncc(-c2ccccc2)[nH]1.I. The van der Waals surface area contributed by atoms with E-state index in [0.717, 1.165) is 29.6 Å². The fourth-order valence-electron chi connectivity index (χ4n) is 2.81. The molecule has 168 valence electrons. The molecule has 0 bridgehead atoms. The van der Waals surface area contributed by atoms with Gasteiger partial charge >= 0.3 is 0 Å². The average molecular weight is 548 g/mol. The van der Waals surface area contributed by atoms with Gasteiger partial charge in [0.2, 0.25) is 10.0 Å². The van der Waals surface area contributed by atoms with Crippen LogP contribution in [0.5, 0.6) is 0 Å². The Balaban J connectivity index is 0.00000450. The Bertz CT molecular complexity index is 886. The zero-order valence-corrected chi connectivity index (χ0v) is 21.3. The van der Waals surface area contributed by atoms with Gasteiger partial charge in [0.1, 0.15) is 5.82 Å². The number of nitrogens with one attached hydrogen (secondary N) is 2. The minimum absolute atomic E-state index is 0. The molecule has 30 heavy (non-hydrogen) atoms. The molecule has 2 aromatic rings. The monoisotopic (exact) mass is 548 g/mol. The van der Waals surface area contributed by atoms with Crippen molar-refractivity contribution in [2.75, 3.05) is 39.5 Å². The lowest BCUT2D eigenvalue weighted by Crippen LogP contribution is -2.39. The number of imidazole rings is 1. The molecule has 2 rings (SSSR count). The van der Waals surface area contributed by atoms with E-state index in [1.165, 1.54) is 4.31 Å². The summed E-state index contributed by atoms with van der Waals surface area (Å²) in [6.45, 7) is 6.01. The molecular weight excluding hydrogens is 515 g/mol. The fraction of sp³-hybridized carbons (Fsp3) is 0.500. The number of H-pyrrole nitrogens is 1. The number of benzene rings is 1. The number of halogens is 1. The first-order valence-electron chi connectivity index (χ1n) is 9.90. The lowest BCUT2D eigenvalue weighted by atomic mass is 10.2. The highest BCUT2D eigenvalue weighted by atomic mass is 127. The van der Waals surface area contributed by atoms with Crippen molar-refractivity contribution in [1.29, 1.82) is 0 Å². The Morgan fingerprint density at radius 1 is 1.20 bits per heavy atom. The van der Waals surface area contributed by atoms with E-state index < -0.39 is 10.0 Å². The van der Waals surface area contributed by atoms with E-state index in [2.05, 4.69) is 20.3 Å². The Morgan fingerprint density at radius 2 is 1.90 bits per heavy atom. The minimum Gasteiger partial charge on any atom is -0.357 e. The van der Waals surface area contributed by atoms with E-state index in [1.54, 1.807) is 14.0 Å². The highest BCUT2D eigenvalue weighted by Crippen LogP contribution is 2.16.